The van der Waals surface area contributed by atoms with Crippen molar-refractivity contribution in [2.45, 2.75) is 0 Å². The molecule has 0 aliphatic heterocycles. The van der Waals surface area contributed by atoms with Crippen LogP contribution < -0.4 is 14.6 Å². The number of nitrogens with zero attached hydrogens (tertiary/aromatic N) is 8. The van der Waals surface area contributed by atoms with Gasteiger partial charge in [-0.2, -0.15) is 0 Å². The Kier molecular flexibility index (Phi) is 12.4. The monoisotopic (exact) mass is 888 g/mol. The molecule has 0 fully saturated rings. The summed E-state index contributed by atoms with van der Waals surface area (Å²) in [6.45, 7) is 0. The Morgan fingerprint density at radius 3 is 1.30 bits per heavy atom. The van der Waals surface area contributed by atoms with Gasteiger partial charge >= 0.3 is 52.5 Å². The number of fused-ring (bicyclic) bond motifs is 6. The van der Waals surface area contributed by atoms with Gasteiger partial charge in [-0.05, 0) is 60.4 Å². The van der Waals surface area contributed by atoms with Gasteiger partial charge in [0.05, 0.1) is 47.8 Å². The van der Waals surface area contributed by atoms with E-state index in [1.54, 1.807) is 45.2 Å². The standard InChI is InChI=1S/C15H13N4O2.2C12H8N2.F6P.Ru/c1-20-12-7-6-10(9-13(12)21-2)14-17-15(19-18-14)11-5-3-4-8-16-11;2*1-3-9-5-6-10-4-2-8-14-12(10)11(9)13-7-1;1-7(2,3,4,5)6;/h3-9H,1-2H3;2*1-8H;;/q-1;;;-1;+2. The Hall–Kier alpha value is -6.18. The van der Waals surface area contributed by atoms with Crippen LogP contribution in [-0.2, 0) is 19.5 Å². The van der Waals surface area contributed by atoms with Crippen molar-refractivity contribution < 1.29 is 54.1 Å². The molecule has 0 unspecified atom stereocenters. The van der Waals surface area contributed by atoms with E-state index < -0.39 is 7.81 Å². The molecule has 0 saturated heterocycles. The third kappa shape index (κ3) is 11.9. The zero-order valence-corrected chi connectivity index (χ0v) is 32.4. The maximum atomic E-state index is 9.87. The van der Waals surface area contributed by atoms with E-state index >= 15 is 0 Å². The molecular weight excluding hydrogens is 859 g/mol. The number of ether oxygens (including phenoxy) is 2. The molecule has 10 nitrogen and oxygen atoms in total. The molecule has 3 aromatic carbocycles. The number of hydrogen-bond acceptors (Lipinski definition) is 9. The molecule has 6 heterocycles. The molecule has 57 heavy (non-hydrogen) atoms. The van der Waals surface area contributed by atoms with Crippen molar-refractivity contribution in [3.05, 3.63) is 140 Å². The number of benzene rings is 3. The molecule has 0 spiro atoms. The molecule has 0 aliphatic carbocycles. The Morgan fingerprint density at radius 2 is 0.912 bits per heavy atom. The van der Waals surface area contributed by atoms with Crippen molar-refractivity contribution in [3.8, 4) is 34.4 Å². The number of halogens is 6. The molecule has 0 saturated carbocycles. The molecule has 292 valence electrons. The molecule has 18 heteroatoms. The SMILES string of the molecule is COc1ccc(-c2n[n-]c(-c3ccccn3)n2)cc1OC.F[P-](F)(F)(F)(F)F.[Ru+2].c1cnc2c(c1)ccc1cccnc12.c1cnc2c(c1)ccc1cccnc12. The maximum absolute atomic E-state index is 10.7. The second-order valence-corrected chi connectivity index (χ2v) is 13.6. The summed E-state index contributed by atoms with van der Waals surface area (Å²) in [6.07, 6.45) is 8.90. The summed E-state index contributed by atoms with van der Waals surface area (Å²) in [6, 6.07) is 35.3. The number of methoxy groups -OCH3 is 2. The zero-order chi connectivity index (χ0) is 39.8. The van der Waals surface area contributed by atoms with Gasteiger partial charge in [-0.15, -0.1) is 0 Å². The molecule has 9 aromatic rings. The fourth-order valence-corrected chi connectivity index (χ4v) is 5.30. The first kappa shape index (κ1) is 42.0. The minimum atomic E-state index is -10.7. The molecule has 6 aromatic heterocycles. The van der Waals surface area contributed by atoms with Gasteiger partial charge in [-0.1, -0.05) is 54.6 Å². The van der Waals surface area contributed by atoms with Crippen molar-refractivity contribution in [1.82, 2.24) is 40.1 Å². The van der Waals surface area contributed by atoms with Crippen molar-refractivity contribution in [3.63, 3.8) is 0 Å². The summed E-state index contributed by atoms with van der Waals surface area (Å²) in [4.78, 5) is 26.0. The van der Waals surface area contributed by atoms with E-state index in [0.717, 1.165) is 49.2 Å². The first-order chi connectivity index (χ1) is 26.7. The summed E-state index contributed by atoms with van der Waals surface area (Å²) in [7, 11) is -7.47. The largest absolute Gasteiger partial charge is 2.00 e. The van der Waals surface area contributed by atoms with Crippen LogP contribution in [0.1, 0.15) is 0 Å². The number of hydrogen-bond donors (Lipinski definition) is 0. The summed E-state index contributed by atoms with van der Waals surface area (Å²) < 4.78 is 69.7. The van der Waals surface area contributed by atoms with Crippen molar-refractivity contribution in [2.75, 3.05) is 14.2 Å². The van der Waals surface area contributed by atoms with E-state index in [9.17, 15) is 25.2 Å². The van der Waals surface area contributed by atoms with Crippen LogP contribution in [0, 0.1) is 0 Å². The fourth-order valence-electron chi connectivity index (χ4n) is 5.30. The van der Waals surface area contributed by atoms with Crippen LogP contribution in [0.25, 0.3) is 66.5 Å². The van der Waals surface area contributed by atoms with Crippen molar-refractivity contribution in [2.24, 2.45) is 0 Å². The van der Waals surface area contributed by atoms with Gasteiger partial charge in [-0.3, -0.25) is 30.0 Å². The Labute approximate surface area is 333 Å². The fraction of sp³-hybridized carbons (Fsp3) is 0.0513. The molecule has 0 bridgehead atoms. The summed E-state index contributed by atoms with van der Waals surface area (Å²) in [5, 5.41) is 12.7. The van der Waals surface area contributed by atoms with E-state index in [1.165, 1.54) is 0 Å². The third-order valence-electron chi connectivity index (χ3n) is 7.68. The third-order valence-corrected chi connectivity index (χ3v) is 7.68. The summed E-state index contributed by atoms with van der Waals surface area (Å²) in [5.74, 6) is 2.31. The number of aromatic nitrogens is 8. The minimum absolute atomic E-state index is 0. The van der Waals surface area contributed by atoms with Gasteiger partial charge in [0, 0.05) is 58.1 Å². The minimum Gasteiger partial charge on any atom is -0.254 e. The summed E-state index contributed by atoms with van der Waals surface area (Å²) >= 11 is 0. The molecule has 9 rings (SSSR count). The zero-order valence-electron chi connectivity index (χ0n) is 29.7. The number of rotatable bonds is 4. The van der Waals surface area contributed by atoms with E-state index in [1.807, 2.05) is 60.7 Å². The second-order valence-electron chi connectivity index (χ2n) is 11.6. The van der Waals surface area contributed by atoms with E-state index in [0.29, 0.717) is 28.8 Å². The van der Waals surface area contributed by atoms with Crippen LogP contribution >= 0.6 is 7.81 Å². The van der Waals surface area contributed by atoms with Crippen molar-refractivity contribution >= 4 is 51.4 Å². The first-order valence-corrected chi connectivity index (χ1v) is 18.4. The van der Waals surface area contributed by atoms with E-state index in [2.05, 4.69) is 88.6 Å². The van der Waals surface area contributed by atoms with Crippen LogP contribution in [0.3, 0.4) is 0 Å². The molecule has 0 amide bonds. The Bertz CT molecular complexity index is 2530. The Balaban J connectivity index is 0.000000153. The normalized spacial score (nSPS) is 12.0. The molecule has 0 radical (unpaired) electrons. The van der Waals surface area contributed by atoms with Gasteiger partial charge < -0.3 is 19.6 Å². The number of pyridine rings is 5. The molecule has 0 atom stereocenters. The average molecular weight is 888 g/mol. The van der Waals surface area contributed by atoms with Gasteiger partial charge in [0.25, 0.3) is 0 Å². The topological polar surface area (TPSA) is 123 Å². The van der Waals surface area contributed by atoms with Crippen LogP contribution in [0.4, 0.5) is 25.2 Å². The van der Waals surface area contributed by atoms with Gasteiger partial charge in [0.1, 0.15) is 0 Å². The molecule has 0 N–H and O–H groups in total. The van der Waals surface area contributed by atoms with E-state index in [4.69, 9.17) is 9.47 Å². The maximum Gasteiger partial charge on any atom is 2.00 e. The Morgan fingerprint density at radius 1 is 0.491 bits per heavy atom. The van der Waals surface area contributed by atoms with E-state index in [-0.39, 0.29) is 19.5 Å². The van der Waals surface area contributed by atoms with Crippen molar-refractivity contribution in [1.29, 1.82) is 0 Å². The predicted octanol–water partition coefficient (Wildman–Crippen LogP) is 11.1. The van der Waals surface area contributed by atoms with Crippen LogP contribution in [-0.4, -0.2) is 49.2 Å². The second kappa shape index (κ2) is 16.9. The first-order valence-electron chi connectivity index (χ1n) is 16.4. The van der Waals surface area contributed by atoms with Gasteiger partial charge in [-0.25, -0.2) is 0 Å². The van der Waals surface area contributed by atoms with Gasteiger partial charge in [0.15, 0.2) is 11.5 Å². The molecular formula is C39H29F6N8O2PRu. The van der Waals surface area contributed by atoms with Crippen LogP contribution in [0.15, 0.2) is 140 Å². The quantitative estimate of drug-likeness (QED) is 0.0730. The average Bonchev–Trinajstić information content (AvgIpc) is 3.71. The van der Waals surface area contributed by atoms with Crippen LogP contribution in [0.5, 0.6) is 11.5 Å². The predicted molar refractivity (Wildman–Crippen MR) is 205 cm³/mol. The smallest absolute Gasteiger partial charge is 0.254 e. The summed E-state index contributed by atoms with van der Waals surface area (Å²) in [5.41, 5.74) is 5.41. The van der Waals surface area contributed by atoms with Crippen LogP contribution in [0.2, 0.25) is 0 Å². The molecule has 0 aliphatic rings. The van der Waals surface area contributed by atoms with Gasteiger partial charge in [0.2, 0.25) is 0 Å².